The second-order valence-electron chi connectivity index (χ2n) is 5.41. The number of carbonyl (C=O) groups is 1. The molecule has 0 aliphatic rings. The van der Waals surface area contributed by atoms with Gasteiger partial charge in [-0.15, -0.1) is 23.1 Å². The number of hydrogen-bond acceptors (Lipinski definition) is 5. The molecule has 1 aromatic carbocycles. The van der Waals surface area contributed by atoms with Gasteiger partial charge in [-0.3, -0.25) is 4.79 Å². The standard InChI is InChI=1S/C19H19NO3S2/c21-15(17-8-9-18(25-17)16-7-4-11-23-16)13-20-19(22)10-12-24-14-5-2-1-3-6-14/h1-9,11,15,21H,10,12-13H2,(H,20,22). The minimum Gasteiger partial charge on any atom is -0.464 e. The van der Waals surface area contributed by atoms with Gasteiger partial charge < -0.3 is 14.8 Å². The third-order valence-corrected chi connectivity index (χ3v) is 5.77. The normalized spacial score (nSPS) is 12.0. The molecule has 6 heteroatoms. The second kappa shape index (κ2) is 8.89. The van der Waals surface area contributed by atoms with E-state index < -0.39 is 6.10 Å². The number of carbonyl (C=O) groups excluding carboxylic acids is 1. The monoisotopic (exact) mass is 373 g/mol. The summed E-state index contributed by atoms with van der Waals surface area (Å²) in [7, 11) is 0. The van der Waals surface area contributed by atoms with Crippen molar-refractivity contribution in [1.82, 2.24) is 5.32 Å². The highest BCUT2D eigenvalue weighted by Crippen LogP contribution is 2.31. The van der Waals surface area contributed by atoms with Crippen LogP contribution in [0, 0.1) is 0 Å². The fraction of sp³-hybridized carbons (Fsp3) is 0.211. The van der Waals surface area contributed by atoms with Crippen LogP contribution in [0.1, 0.15) is 17.4 Å². The van der Waals surface area contributed by atoms with Crippen LogP contribution in [-0.4, -0.2) is 23.3 Å². The number of aliphatic hydroxyl groups is 1. The molecule has 2 aromatic heterocycles. The number of furan rings is 1. The topological polar surface area (TPSA) is 62.5 Å². The molecule has 0 fully saturated rings. The van der Waals surface area contributed by atoms with E-state index in [2.05, 4.69) is 5.32 Å². The summed E-state index contributed by atoms with van der Waals surface area (Å²) < 4.78 is 5.35. The molecule has 3 aromatic rings. The maximum atomic E-state index is 11.9. The molecule has 3 rings (SSSR count). The number of thioether (sulfide) groups is 1. The van der Waals surface area contributed by atoms with Gasteiger partial charge in [-0.2, -0.15) is 0 Å². The Kier molecular flexibility index (Phi) is 6.33. The molecule has 1 amide bonds. The molecule has 0 aliphatic heterocycles. The lowest BCUT2D eigenvalue weighted by atomic mass is 10.2. The number of hydrogen-bond donors (Lipinski definition) is 2. The van der Waals surface area contributed by atoms with Crippen LogP contribution in [-0.2, 0) is 4.79 Å². The highest BCUT2D eigenvalue weighted by Gasteiger charge is 2.13. The summed E-state index contributed by atoms with van der Waals surface area (Å²) in [6.07, 6.45) is 1.34. The first kappa shape index (κ1) is 17.8. The Balaban J connectivity index is 1.41. The molecular formula is C19H19NO3S2. The van der Waals surface area contributed by atoms with Crippen LogP contribution in [0.4, 0.5) is 0 Å². The fourth-order valence-electron chi connectivity index (χ4n) is 2.26. The van der Waals surface area contributed by atoms with Gasteiger partial charge in [0.2, 0.25) is 5.91 Å². The molecule has 25 heavy (non-hydrogen) atoms. The number of rotatable bonds is 8. The van der Waals surface area contributed by atoms with Crippen molar-refractivity contribution in [1.29, 1.82) is 0 Å². The van der Waals surface area contributed by atoms with Gasteiger partial charge in [0, 0.05) is 28.5 Å². The molecule has 0 aliphatic carbocycles. The van der Waals surface area contributed by atoms with E-state index in [0.29, 0.717) is 12.2 Å². The summed E-state index contributed by atoms with van der Waals surface area (Å²) in [6.45, 7) is 0.215. The van der Waals surface area contributed by atoms with Crippen LogP contribution in [0.25, 0.3) is 10.6 Å². The molecule has 0 bridgehead atoms. The van der Waals surface area contributed by atoms with Gasteiger partial charge in [0.1, 0.15) is 11.9 Å². The number of benzene rings is 1. The van der Waals surface area contributed by atoms with Gasteiger partial charge in [0.05, 0.1) is 11.1 Å². The van der Waals surface area contributed by atoms with Crippen molar-refractivity contribution in [2.75, 3.05) is 12.3 Å². The average molecular weight is 373 g/mol. The number of nitrogens with one attached hydrogen (secondary N) is 1. The van der Waals surface area contributed by atoms with Gasteiger partial charge in [0.15, 0.2) is 0 Å². The van der Waals surface area contributed by atoms with Crippen molar-refractivity contribution < 1.29 is 14.3 Å². The van der Waals surface area contributed by atoms with E-state index in [1.54, 1.807) is 18.0 Å². The van der Waals surface area contributed by atoms with Crippen LogP contribution >= 0.6 is 23.1 Å². The maximum Gasteiger partial charge on any atom is 0.220 e. The SMILES string of the molecule is O=C(CCSc1ccccc1)NCC(O)c1ccc(-c2ccco2)s1. The van der Waals surface area contributed by atoms with E-state index in [9.17, 15) is 9.90 Å². The Morgan fingerprint density at radius 1 is 1.16 bits per heavy atom. The fourth-order valence-corrected chi connectivity index (χ4v) is 4.10. The summed E-state index contributed by atoms with van der Waals surface area (Å²) in [6, 6.07) is 17.5. The predicted octanol–water partition coefficient (Wildman–Crippen LogP) is 4.34. The van der Waals surface area contributed by atoms with Crippen LogP contribution in [0.15, 0.2) is 70.2 Å². The lowest BCUT2D eigenvalue weighted by molar-refractivity contribution is -0.121. The average Bonchev–Trinajstić information content (AvgIpc) is 3.32. The van der Waals surface area contributed by atoms with Crippen LogP contribution < -0.4 is 5.32 Å². The predicted molar refractivity (Wildman–Crippen MR) is 102 cm³/mol. The molecule has 0 spiro atoms. The van der Waals surface area contributed by atoms with Gasteiger partial charge >= 0.3 is 0 Å². The van der Waals surface area contributed by atoms with E-state index >= 15 is 0 Å². The smallest absolute Gasteiger partial charge is 0.220 e. The minimum atomic E-state index is -0.709. The zero-order valence-electron chi connectivity index (χ0n) is 13.6. The number of aliphatic hydroxyl groups excluding tert-OH is 1. The minimum absolute atomic E-state index is 0.0507. The number of amides is 1. The lowest BCUT2D eigenvalue weighted by Gasteiger charge is -2.10. The molecule has 0 saturated heterocycles. The lowest BCUT2D eigenvalue weighted by Crippen LogP contribution is -2.28. The molecule has 2 N–H and O–H groups in total. The molecule has 1 unspecified atom stereocenters. The third-order valence-electron chi connectivity index (χ3n) is 3.55. The van der Waals surface area contributed by atoms with Gasteiger partial charge in [0.25, 0.3) is 0 Å². The third kappa shape index (κ3) is 5.22. The van der Waals surface area contributed by atoms with E-state index in [1.807, 2.05) is 54.6 Å². The Labute approximate surface area is 154 Å². The van der Waals surface area contributed by atoms with Crippen molar-refractivity contribution >= 4 is 29.0 Å². The van der Waals surface area contributed by atoms with Gasteiger partial charge in [-0.1, -0.05) is 18.2 Å². The quantitative estimate of drug-likeness (QED) is 0.577. The van der Waals surface area contributed by atoms with Crippen molar-refractivity contribution in [2.24, 2.45) is 0 Å². The van der Waals surface area contributed by atoms with E-state index in [4.69, 9.17) is 4.42 Å². The first-order chi connectivity index (χ1) is 12.2. The van der Waals surface area contributed by atoms with Crippen LogP contribution in [0.3, 0.4) is 0 Å². The largest absolute Gasteiger partial charge is 0.464 e. The first-order valence-corrected chi connectivity index (χ1v) is 9.79. The highest BCUT2D eigenvalue weighted by atomic mass is 32.2. The van der Waals surface area contributed by atoms with Gasteiger partial charge in [-0.05, 0) is 36.4 Å². The Morgan fingerprint density at radius 2 is 2.00 bits per heavy atom. The molecule has 2 heterocycles. The number of thiophene rings is 1. The molecule has 4 nitrogen and oxygen atoms in total. The van der Waals surface area contributed by atoms with E-state index in [1.165, 1.54) is 11.3 Å². The van der Waals surface area contributed by atoms with Crippen LogP contribution in [0.2, 0.25) is 0 Å². The second-order valence-corrected chi connectivity index (χ2v) is 7.69. The summed E-state index contributed by atoms with van der Waals surface area (Å²) in [5.41, 5.74) is 0. The zero-order chi connectivity index (χ0) is 17.5. The Hall–Kier alpha value is -2.02. The van der Waals surface area contributed by atoms with Crippen molar-refractivity contribution in [2.45, 2.75) is 17.4 Å². The van der Waals surface area contributed by atoms with Crippen LogP contribution in [0.5, 0.6) is 0 Å². The van der Waals surface area contributed by atoms with Crippen molar-refractivity contribution in [3.8, 4) is 10.6 Å². The van der Waals surface area contributed by atoms with E-state index in [-0.39, 0.29) is 12.5 Å². The molecule has 130 valence electrons. The summed E-state index contributed by atoms with van der Waals surface area (Å²) in [5.74, 6) is 1.45. The molecule has 0 saturated carbocycles. The molecule has 0 radical (unpaired) electrons. The molecular weight excluding hydrogens is 354 g/mol. The first-order valence-electron chi connectivity index (χ1n) is 7.98. The summed E-state index contributed by atoms with van der Waals surface area (Å²) >= 11 is 3.12. The molecule has 1 atom stereocenters. The Bertz CT molecular complexity index is 784. The summed E-state index contributed by atoms with van der Waals surface area (Å²) in [4.78, 5) is 14.8. The Morgan fingerprint density at radius 3 is 2.76 bits per heavy atom. The highest BCUT2D eigenvalue weighted by molar-refractivity contribution is 7.99. The van der Waals surface area contributed by atoms with Crippen molar-refractivity contribution in [3.63, 3.8) is 0 Å². The maximum absolute atomic E-state index is 11.9. The van der Waals surface area contributed by atoms with Gasteiger partial charge in [-0.25, -0.2) is 0 Å². The zero-order valence-corrected chi connectivity index (χ0v) is 15.2. The summed E-state index contributed by atoms with van der Waals surface area (Å²) in [5, 5.41) is 13.0. The van der Waals surface area contributed by atoms with Crippen molar-refractivity contribution in [3.05, 3.63) is 65.7 Å². The van der Waals surface area contributed by atoms with E-state index in [0.717, 1.165) is 20.4 Å².